The van der Waals surface area contributed by atoms with Crippen molar-refractivity contribution in [1.82, 2.24) is 4.98 Å². The molecule has 0 aliphatic rings. The van der Waals surface area contributed by atoms with E-state index in [2.05, 4.69) is 9.72 Å². The van der Waals surface area contributed by atoms with Crippen LogP contribution < -0.4 is 0 Å². The normalized spacial score (nSPS) is 10.6. The van der Waals surface area contributed by atoms with E-state index < -0.39 is 11.8 Å². The van der Waals surface area contributed by atoms with E-state index in [-0.39, 0.29) is 5.69 Å². The maximum Gasteiger partial charge on any atom is 0.330 e. The number of carbonyl (C=O) groups is 1. The molecule has 4 heteroatoms. The van der Waals surface area contributed by atoms with Gasteiger partial charge in [-0.1, -0.05) is 0 Å². The fourth-order valence-corrected chi connectivity index (χ4v) is 1.01. The molecule has 0 fully saturated rings. The van der Waals surface area contributed by atoms with Crippen molar-refractivity contribution < 1.29 is 13.9 Å². The molecule has 0 radical (unpaired) electrons. The predicted octanol–water partition coefficient (Wildman–Crippen LogP) is 2.11. The number of aromatic nitrogens is 1. The molecule has 0 aliphatic heterocycles. The van der Waals surface area contributed by atoms with E-state index in [1.165, 1.54) is 12.1 Å². The van der Waals surface area contributed by atoms with Crippen molar-refractivity contribution >= 4 is 12.0 Å². The molecule has 0 saturated heterocycles. The van der Waals surface area contributed by atoms with Crippen LogP contribution in [0, 0.1) is 12.7 Å². The Kier molecular flexibility index (Phi) is 3.97. The van der Waals surface area contributed by atoms with Gasteiger partial charge in [-0.25, -0.2) is 9.18 Å². The quantitative estimate of drug-likeness (QED) is 0.565. The number of esters is 1. The molecule has 0 amide bonds. The molecule has 0 N–H and O–H groups in total. The summed E-state index contributed by atoms with van der Waals surface area (Å²) in [7, 11) is 0. The minimum atomic E-state index is -0.500. The lowest BCUT2D eigenvalue weighted by Crippen LogP contribution is -1.99. The molecule has 0 spiro atoms. The predicted molar refractivity (Wildman–Crippen MR) is 54.6 cm³/mol. The van der Waals surface area contributed by atoms with Crippen molar-refractivity contribution in [2.24, 2.45) is 0 Å². The summed E-state index contributed by atoms with van der Waals surface area (Å²) in [6, 6.07) is 2.88. The van der Waals surface area contributed by atoms with Crippen LogP contribution in [0.3, 0.4) is 0 Å². The van der Waals surface area contributed by atoms with Crippen LogP contribution in [-0.4, -0.2) is 17.6 Å². The van der Waals surface area contributed by atoms with Crippen LogP contribution in [0.4, 0.5) is 4.39 Å². The summed E-state index contributed by atoms with van der Waals surface area (Å²) in [6.45, 7) is 3.76. The van der Waals surface area contributed by atoms with Gasteiger partial charge in [0.25, 0.3) is 0 Å². The monoisotopic (exact) mass is 209 g/mol. The van der Waals surface area contributed by atoms with Gasteiger partial charge in [-0.05, 0) is 32.1 Å². The summed E-state index contributed by atoms with van der Waals surface area (Å²) in [6.07, 6.45) is 2.47. The molecule has 1 aromatic heterocycles. The number of carbonyl (C=O) groups excluding carboxylic acids is 1. The van der Waals surface area contributed by atoms with Gasteiger partial charge in [0.15, 0.2) is 0 Å². The average molecular weight is 209 g/mol. The fraction of sp³-hybridized carbons (Fsp3) is 0.273. The standard InChI is InChI=1S/C11H12FNO2/c1-3-15-11(14)7-6-10-9(12)5-4-8(2)13-10/h4-7H,3H2,1-2H3. The summed E-state index contributed by atoms with van der Waals surface area (Å²) >= 11 is 0. The van der Waals surface area contributed by atoms with Crippen LogP contribution in [0.25, 0.3) is 6.08 Å². The van der Waals surface area contributed by atoms with E-state index in [0.29, 0.717) is 12.3 Å². The van der Waals surface area contributed by atoms with E-state index in [4.69, 9.17) is 0 Å². The van der Waals surface area contributed by atoms with E-state index >= 15 is 0 Å². The highest BCUT2D eigenvalue weighted by atomic mass is 19.1. The number of pyridine rings is 1. The molecule has 1 heterocycles. The van der Waals surface area contributed by atoms with Crippen LogP contribution in [0.2, 0.25) is 0 Å². The third kappa shape index (κ3) is 3.50. The Hall–Kier alpha value is -1.71. The Bertz CT molecular complexity index is 388. The van der Waals surface area contributed by atoms with E-state index in [9.17, 15) is 9.18 Å². The second kappa shape index (κ2) is 5.24. The lowest BCUT2D eigenvalue weighted by atomic mass is 10.3. The third-order valence-corrected chi connectivity index (χ3v) is 1.68. The van der Waals surface area contributed by atoms with Gasteiger partial charge in [-0.2, -0.15) is 0 Å². The van der Waals surface area contributed by atoms with Crippen molar-refractivity contribution in [1.29, 1.82) is 0 Å². The van der Waals surface area contributed by atoms with Crippen LogP contribution >= 0.6 is 0 Å². The fourth-order valence-electron chi connectivity index (χ4n) is 1.01. The second-order valence-electron chi connectivity index (χ2n) is 2.91. The first-order valence-corrected chi connectivity index (χ1v) is 4.61. The van der Waals surface area contributed by atoms with Gasteiger partial charge >= 0.3 is 5.97 Å². The third-order valence-electron chi connectivity index (χ3n) is 1.68. The van der Waals surface area contributed by atoms with Gasteiger partial charge in [-0.15, -0.1) is 0 Å². The minimum absolute atomic E-state index is 0.142. The average Bonchev–Trinajstić information content (AvgIpc) is 2.20. The topological polar surface area (TPSA) is 39.2 Å². The molecule has 15 heavy (non-hydrogen) atoms. The van der Waals surface area contributed by atoms with Crippen molar-refractivity contribution in [2.75, 3.05) is 6.61 Å². The first-order valence-electron chi connectivity index (χ1n) is 4.61. The smallest absolute Gasteiger partial charge is 0.330 e. The minimum Gasteiger partial charge on any atom is -0.463 e. The highest BCUT2D eigenvalue weighted by molar-refractivity contribution is 5.86. The molecule has 0 atom stereocenters. The van der Waals surface area contributed by atoms with Gasteiger partial charge in [-0.3, -0.25) is 4.98 Å². The second-order valence-corrected chi connectivity index (χ2v) is 2.91. The lowest BCUT2D eigenvalue weighted by Gasteiger charge is -1.98. The molecule has 1 rings (SSSR count). The summed E-state index contributed by atoms with van der Waals surface area (Å²) < 4.78 is 17.8. The molecule has 0 aliphatic carbocycles. The van der Waals surface area contributed by atoms with Crippen molar-refractivity contribution in [2.45, 2.75) is 13.8 Å². The summed E-state index contributed by atoms with van der Waals surface area (Å²) in [5, 5.41) is 0. The Morgan fingerprint density at radius 2 is 2.33 bits per heavy atom. The Morgan fingerprint density at radius 1 is 1.60 bits per heavy atom. The Morgan fingerprint density at radius 3 is 3.00 bits per heavy atom. The summed E-state index contributed by atoms with van der Waals surface area (Å²) in [5.74, 6) is -0.957. The molecular weight excluding hydrogens is 197 g/mol. The zero-order valence-electron chi connectivity index (χ0n) is 8.66. The Labute approximate surface area is 87.6 Å². The van der Waals surface area contributed by atoms with Gasteiger partial charge in [0.2, 0.25) is 0 Å². The zero-order chi connectivity index (χ0) is 11.3. The van der Waals surface area contributed by atoms with Crippen molar-refractivity contribution in [3.05, 3.63) is 35.4 Å². The maximum atomic E-state index is 13.1. The Balaban J connectivity index is 2.79. The van der Waals surface area contributed by atoms with E-state index in [0.717, 1.165) is 6.08 Å². The van der Waals surface area contributed by atoms with Gasteiger partial charge in [0.05, 0.1) is 12.3 Å². The largest absolute Gasteiger partial charge is 0.463 e. The molecule has 80 valence electrons. The van der Waals surface area contributed by atoms with E-state index in [1.54, 1.807) is 19.9 Å². The molecule has 0 unspecified atom stereocenters. The molecular formula is C11H12FNO2. The van der Waals surface area contributed by atoms with E-state index in [1.807, 2.05) is 0 Å². The van der Waals surface area contributed by atoms with Crippen LogP contribution in [0.15, 0.2) is 18.2 Å². The van der Waals surface area contributed by atoms with Crippen LogP contribution in [-0.2, 0) is 9.53 Å². The molecule has 3 nitrogen and oxygen atoms in total. The first-order chi connectivity index (χ1) is 7.13. The van der Waals surface area contributed by atoms with Crippen molar-refractivity contribution in [3.63, 3.8) is 0 Å². The van der Waals surface area contributed by atoms with Crippen molar-refractivity contribution in [3.8, 4) is 0 Å². The number of hydrogen-bond acceptors (Lipinski definition) is 3. The maximum absolute atomic E-state index is 13.1. The number of halogens is 1. The number of nitrogens with zero attached hydrogens (tertiary/aromatic N) is 1. The zero-order valence-corrected chi connectivity index (χ0v) is 8.66. The van der Waals surface area contributed by atoms with Gasteiger partial charge in [0.1, 0.15) is 5.82 Å². The number of aryl methyl sites for hydroxylation is 1. The first kappa shape index (κ1) is 11.4. The molecule has 1 aromatic rings. The molecule has 0 aromatic carbocycles. The highest BCUT2D eigenvalue weighted by Crippen LogP contribution is 2.07. The SMILES string of the molecule is CCOC(=O)C=Cc1nc(C)ccc1F. The van der Waals surface area contributed by atoms with Gasteiger partial charge < -0.3 is 4.74 Å². The molecule has 0 saturated carbocycles. The number of rotatable bonds is 3. The lowest BCUT2D eigenvalue weighted by molar-refractivity contribution is -0.137. The molecule has 0 bridgehead atoms. The number of hydrogen-bond donors (Lipinski definition) is 0. The van der Waals surface area contributed by atoms with Crippen LogP contribution in [0.1, 0.15) is 18.3 Å². The number of ether oxygens (including phenoxy) is 1. The van der Waals surface area contributed by atoms with Crippen LogP contribution in [0.5, 0.6) is 0 Å². The highest BCUT2D eigenvalue weighted by Gasteiger charge is 2.01. The summed E-state index contributed by atoms with van der Waals surface area (Å²) in [5.41, 5.74) is 0.836. The summed E-state index contributed by atoms with van der Waals surface area (Å²) in [4.78, 5) is 14.9. The van der Waals surface area contributed by atoms with Gasteiger partial charge in [0, 0.05) is 11.8 Å².